The van der Waals surface area contributed by atoms with Gasteiger partial charge in [-0.1, -0.05) is 0 Å². The Morgan fingerprint density at radius 1 is 1.40 bits per heavy atom. The number of carbonyl (C=O) groups excluding carboxylic acids is 2. The molecule has 0 fully saturated rings. The van der Waals surface area contributed by atoms with Crippen LogP contribution in [0.3, 0.4) is 0 Å². The molecule has 0 bridgehead atoms. The largest absolute Gasteiger partial charge is 0.497 e. The number of nitrogens with one attached hydrogen (secondary N) is 1. The van der Waals surface area contributed by atoms with E-state index in [0.29, 0.717) is 5.75 Å². The molecule has 20 heavy (non-hydrogen) atoms. The molecule has 108 valence electrons. The van der Waals surface area contributed by atoms with Crippen molar-refractivity contribution in [2.24, 2.45) is 0 Å². The highest BCUT2D eigenvalue weighted by Crippen LogP contribution is 2.37. The van der Waals surface area contributed by atoms with E-state index in [0.717, 1.165) is 0 Å². The van der Waals surface area contributed by atoms with Crippen LogP contribution in [-0.4, -0.2) is 30.4 Å². The van der Waals surface area contributed by atoms with Gasteiger partial charge in [0.2, 0.25) is 0 Å². The molecule has 0 aliphatic heterocycles. The number of halogens is 4. The van der Waals surface area contributed by atoms with E-state index in [1.165, 1.54) is 25.3 Å². The number of hydrogen-bond donors (Lipinski definition) is 1. The van der Waals surface area contributed by atoms with Crippen LogP contribution < -0.4 is 10.1 Å². The average molecular weight is 308 g/mol. The van der Waals surface area contributed by atoms with Gasteiger partial charge in [0.1, 0.15) is 11.1 Å². The smallest absolute Gasteiger partial charge is 0.471 e. The molecule has 2 rings (SSSR count). The monoisotopic (exact) mass is 307 g/mol. The van der Waals surface area contributed by atoms with Crippen LogP contribution in [-0.2, 0) is 4.79 Å². The normalized spacial score (nSPS) is 21.6. The zero-order valence-electron chi connectivity index (χ0n) is 10.1. The molecule has 0 saturated carbocycles. The molecule has 0 saturated heterocycles. The predicted octanol–water partition coefficient (Wildman–Crippen LogP) is 2.22. The number of benzene rings is 1. The van der Waals surface area contributed by atoms with Crippen LogP contribution in [0.25, 0.3) is 0 Å². The van der Waals surface area contributed by atoms with E-state index in [1.807, 2.05) is 0 Å². The van der Waals surface area contributed by atoms with Gasteiger partial charge in [-0.3, -0.25) is 9.59 Å². The van der Waals surface area contributed by atoms with Crippen LogP contribution in [0.2, 0.25) is 0 Å². The SMILES string of the molecule is COc1ccc2c(c1)C(NC(=O)C(F)(F)F)C(Cl)C2=O. The summed E-state index contributed by atoms with van der Waals surface area (Å²) >= 11 is 5.81. The van der Waals surface area contributed by atoms with Crippen molar-refractivity contribution in [1.82, 2.24) is 5.32 Å². The Balaban J connectivity index is 2.36. The third-order valence-corrected chi connectivity index (χ3v) is 3.40. The van der Waals surface area contributed by atoms with E-state index in [2.05, 4.69) is 0 Å². The lowest BCUT2D eigenvalue weighted by molar-refractivity contribution is -0.174. The highest BCUT2D eigenvalue weighted by Gasteiger charge is 2.45. The zero-order chi connectivity index (χ0) is 15.1. The molecule has 0 radical (unpaired) electrons. The van der Waals surface area contributed by atoms with Gasteiger partial charge in [0.05, 0.1) is 13.2 Å². The number of alkyl halides is 4. The van der Waals surface area contributed by atoms with E-state index in [1.54, 1.807) is 5.32 Å². The third-order valence-electron chi connectivity index (χ3n) is 2.95. The van der Waals surface area contributed by atoms with Crippen LogP contribution in [0.1, 0.15) is 22.0 Å². The Bertz CT molecular complexity index is 574. The van der Waals surface area contributed by atoms with E-state index in [-0.39, 0.29) is 11.1 Å². The van der Waals surface area contributed by atoms with Crippen LogP contribution in [0.5, 0.6) is 5.75 Å². The number of rotatable bonds is 2. The number of methoxy groups -OCH3 is 1. The molecule has 0 aromatic heterocycles. The quantitative estimate of drug-likeness (QED) is 0.852. The lowest BCUT2D eigenvalue weighted by Crippen LogP contribution is -2.41. The Morgan fingerprint density at radius 3 is 2.60 bits per heavy atom. The van der Waals surface area contributed by atoms with Crippen LogP contribution in [0.4, 0.5) is 13.2 Å². The number of carbonyl (C=O) groups is 2. The first-order chi connectivity index (χ1) is 9.25. The van der Waals surface area contributed by atoms with E-state index in [4.69, 9.17) is 16.3 Å². The summed E-state index contributed by atoms with van der Waals surface area (Å²) in [7, 11) is 1.37. The molecule has 1 aromatic rings. The topological polar surface area (TPSA) is 55.4 Å². The number of hydrogen-bond acceptors (Lipinski definition) is 3. The lowest BCUT2D eigenvalue weighted by Gasteiger charge is -2.17. The van der Waals surface area contributed by atoms with Crippen LogP contribution in [0, 0.1) is 0 Å². The first-order valence-corrected chi connectivity index (χ1v) is 5.93. The Labute approximate surface area is 116 Å². The Hall–Kier alpha value is -1.76. The number of amides is 1. The second-order valence-electron chi connectivity index (χ2n) is 4.17. The number of fused-ring (bicyclic) bond motifs is 1. The zero-order valence-corrected chi connectivity index (χ0v) is 10.9. The van der Waals surface area contributed by atoms with Crippen molar-refractivity contribution < 1.29 is 27.5 Å². The summed E-state index contributed by atoms with van der Waals surface area (Å²) < 4.78 is 41.8. The predicted molar refractivity (Wildman–Crippen MR) is 63.9 cm³/mol. The van der Waals surface area contributed by atoms with Crippen molar-refractivity contribution in [2.45, 2.75) is 17.6 Å². The molecule has 0 spiro atoms. The summed E-state index contributed by atoms with van der Waals surface area (Å²) in [5.74, 6) is -2.32. The minimum Gasteiger partial charge on any atom is -0.497 e. The van der Waals surface area contributed by atoms with Gasteiger partial charge in [-0.05, 0) is 23.8 Å². The van der Waals surface area contributed by atoms with E-state index >= 15 is 0 Å². The lowest BCUT2D eigenvalue weighted by atomic mass is 10.1. The summed E-state index contributed by atoms with van der Waals surface area (Å²) in [6.45, 7) is 0. The second-order valence-corrected chi connectivity index (χ2v) is 4.64. The standard InChI is InChI=1S/C12H9ClF3NO3/c1-20-5-2-3-6-7(4-5)9(8(13)10(6)18)17-11(19)12(14,15)16/h2-4,8-9H,1H3,(H,17,19). The molecule has 4 nitrogen and oxygen atoms in total. The first-order valence-electron chi connectivity index (χ1n) is 5.49. The van der Waals surface area contributed by atoms with Crippen LogP contribution >= 0.6 is 11.6 Å². The van der Waals surface area contributed by atoms with Crippen molar-refractivity contribution in [3.63, 3.8) is 0 Å². The Morgan fingerprint density at radius 2 is 2.05 bits per heavy atom. The highest BCUT2D eigenvalue weighted by atomic mass is 35.5. The van der Waals surface area contributed by atoms with Gasteiger partial charge in [0.25, 0.3) is 0 Å². The van der Waals surface area contributed by atoms with Gasteiger partial charge < -0.3 is 10.1 Å². The van der Waals surface area contributed by atoms with Crippen molar-refractivity contribution in [3.05, 3.63) is 29.3 Å². The molecular formula is C12H9ClF3NO3. The van der Waals surface area contributed by atoms with Crippen molar-refractivity contribution in [3.8, 4) is 5.75 Å². The summed E-state index contributed by atoms with van der Waals surface area (Å²) in [5, 5.41) is 0.460. The van der Waals surface area contributed by atoms with Gasteiger partial charge >= 0.3 is 12.1 Å². The number of ketones is 1. The van der Waals surface area contributed by atoms with Crippen LogP contribution in [0.15, 0.2) is 18.2 Å². The number of Topliss-reactive ketones (excluding diaryl/α,β-unsaturated/α-hetero) is 1. The molecule has 1 aromatic carbocycles. The fourth-order valence-corrected chi connectivity index (χ4v) is 2.30. The van der Waals surface area contributed by atoms with Crippen molar-refractivity contribution in [1.29, 1.82) is 0 Å². The third kappa shape index (κ3) is 2.45. The minimum absolute atomic E-state index is 0.179. The molecule has 1 N–H and O–H groups in total. The summed E-state index contributed by atoms with van der Waals surface area (Å²) in [5.41, 5.74) is 0.394. The maximum absolute atomic E-state index is 12.3. The minimum atomic E-state index is -5.04. The van der Waals surface area contributed by atoms with Gasteiger partial charge in [-0.15, -0.1) is 11.6 Å². The van der Waals surface area contributed by atoms with Crippen molar-refractivity contribution in [2.75, 3.05) is 7.11 Å². The van der Waals surface area contributed by atoms with Gasteiger partial charge in [-0.2, -0.15) is 13.2 Å². The summed E-state index contributed by atoms with van der Waals surface area (Å²) in [6, 6.07) is 3.06. The second kappa shape index (κ2) is 4.97. The van der Waals surface area contributed by atoms with E-state index in [9.17, 15) is 22.8 Å². The molecule has 0 heterocycles. The number of ether oxygens (including phenoxy) is 1. The van der Waals surface area contributed by atoms with E-state index < -0.39 is 29.3 Å². The molecule has 1 aliphatic rings. The van der Waals surface area contributed by atoms with Gasteiger partial charge in [0, 0.05) is 5.56 Å². The molecule has 2 atom stereocenters. The molecular weight excluding hydrogens is 299 g/mol. The summed E-state index contributed by atoms with van der Waals surface area (Å²) in [6.07, 6.45) is -5.04. The van der Waals surface area contributed by atoms with Gasteiger partial charge in [-0.25, -0.2) is 0 Å². The van der Waals surface area contributed by atoms with Crippen molar-refractivity contribution >= 4 is 23.3 Å². The summed E-state index contributed by atoms with van der Waals surface area (Å²) in [4.78, 5) is 22.8. The maximum Gasteiger partial charge on any atom is 0.471 e. The fourth-order valence-electron chi connectivity index (χ4n) is 1.98. The van der Waals surface area contributed by atoms with Gasteiger partial charge in [0.15, 0.2) is 5.78 Å². The highest BCUT2D eigenvalue weighted by molar-refractivity contribution is 6.36. The maximum atomic E-state index is 12.3. The fraction of sp³-hybridized carbons (Fsp3) is 0.333. The average Bonchev–Trinajstić information content (AvgIpc) is 2.62. The first kappa shape index (κ1) is 14.6. The Kier molecular flexibility index (Phi) is 3.64. The molecule has 2 unspecified atom stereocenters. The molecule has 8 heteroatoms. The molecule has 1 aliphatic carbocycles. The molecule has 1 amide bonds.